The molecule has 0 aliphatic heterocycles. The minimum absolute atomic E-state index is 0.00768. The Morgan fingerprint density at radius 1 is 0.909 bits per heavy atom. The van der Waals surface area contributed by atoms with Gasteiger partial charge in [0.05, 0.1) is 27.6 Å². The van der Waals surface area contributed by atoms with Crippen molar-refractivity contribution in [3.63, 3.8) is 0 Å². The first-order valence-corrected chi connectivity index (χ1v) is 17.8. The highest BCUT2D eigenvalue weighted by Gasteiger charge is 2.27. The molecule has 0 spiro atoms. The lowest BCUT2D eigenvalue weighted by Crippen LogP contribution is -2.54. The van der Waals surface area contributed by atoms with Crippen LogP contribution in [-0.4, -0.2) is 58.1 Å². The number of thiazole rings is 2. The Kier molecular flexibility index (Phi) is 19.5. The molecule has 0 aliphatic carbocycles. The van der Waals surface area contributed by atoms with Gasteiger partial charge < -0.3 is 25.6 Å². The number of nitrogens with one attached hydrogen (secondary N) is 3. The van der Waals surface area contributed by atoms with E-state index in [0.29, 0.717) is 19.1 Å². The highest BCUT2D eigenvalue weighted by Crippen LogP contribution is 2.20. The quantitative estimate of drug-likeness (QED) is 0.163. The molecule has 0 radical (unpaired) electrons. The van der Waals surface area contributed by atoms with Gasteiger partial charge in [-0.1, -0.05) is 74.7 Å². The molecule has 2 aromatic rings. The minimum atomic E-state index is -0.549. The first-order chi connectivity index (χ1) is 20.9. The van der Waals surface area contributed by atoms with Crippen LogP contribution < -0.4 is 16.0 Å². The van der Waals surface area contributed by atoms with Gasteiger partial charge in [-0.2, -0.15) is 0 Å². The second-order valence-corrected chi connectivity index (χ2v) is 13.6. The number of nitrogens with zero attached hydrogens (tertiary/aromatic N) is 3. The number of ether oxygens (including phenoxy) is 1. The van der Waals surface area contributed by atoms with Crippen molar-refractivity contribution in [1.82, 2.24) is 30.8 Å². The third-order valence-corrected chi connectivity index (χ3v) is 8.89. The first kappa shape index (κ1) is 39.3. The lowest BCUT2D eigenvalue weighted by molar-refractivity contribution is -0.124. The third-order valence-electron chi connectivity index (χ3n) is 6.94. The Morgan fingerprint density at radius 2 is 1.55 bits per heavy atom. The van der Waals surface area contributed by atoms with Crippen LogP contribution in [0.25, 0.3) is 0 Å². The molecular weight excluding hydrogens is 597 g/mol. The van der Waals surface area contributed by atoms with Crippen molar-refractivity contribution in [2.75, 3.05) is 7.05 Å². The number of urea groups is 1. The smallest absolute Gasteiger partial charge is 0.407 e. The summed E-state index contributed by atoms with van der Waals surface area (Å²) in [4.78, 5) is 47.8. The van der Waals surface area contributed by atoms with Crippen LogP contribution >= 0.6 is 22.7 Å². The Bertz CT molecular complexity index is 1070. The monoisotopic (exact) mass is 652 g/mol. The highest BCUT2D eigenvalue weighted by atomic mass is 32.1. The van der Waals surface area contributed by atoms with Gasteiger partial charge in [0.15, 0.2) is 0 Å². The van der Waals surface area contributed by atoms with Gasteiger partial charge in [-0.25, -0.2) is 14.6 Å². The topological polar surface area (TPSA) is 126 Å². The predicted octanol–water partition coefficient (Wildman–Crippen LogP) is 7.47. The predicted molar refractivity (Wildman–Crippen MR) is 181 cm³/mol. The molecule has 0 saturated carbocycles. The standard InChI is InChI=1S/C20H36N4O2S.C12H20N2O2S/c1-8-10-15(9-2)21-18(25)17(13(3)4)23-20(26)24(7)11-16-12-27-19(22-16)14(5)6;1-3-5-10(6-4-2)14-12(15)16-8-11-7-13-9-17-11/h12-15,17H,8-11H2,1-7H3,(H,21,25)(H,23,26);7,9-10H,3-6,8H2,1-2H3,(H,14,15). The van der Waals surface area contributed by atoms with Crippen LogP contribution in [0, 0.1) is 5.92 Å². The zero-order chi connectivity index (χ0) is 33.1. The minimum Gasteiger partial charge on any atom is -0.444 e. The van der Waals surface area contributed by atoms with E-state index in [1.807, 2.05) is 19.2 Å². The summed E-state index contributed by atoms with van der Waals surface area (Å²) in [5, 5.41) is 11.9. The SMILES string of the molecule is CCCC(CC)NC(=O)C(NC(=O)N(C)Cc1csc(C(C)C)n1)C(C)C.CCCC(CCC)NC(=O)OCc1cncs1. The average molecular weight is 653 g/mol. The summed E-state index contributed by atoms with van der Waals surface area (Å²) < 4.78 is 5.13. The molecule has 0 aromatic carbocycles. The van der Waals surface area contributed by atoms with Crippen molar-refractivity contribution in [2.24, 2.45) is 5.92 Å². The van der Waals surface area contributed by atoms with E-state index in [1.165, 1.54) is 11.3 Å². The Balaban J connectivity index is 0.000000488. The van der Waals surface area contributed by atoms with Crippen molar-refractivity contribution in [1.29, 1.82) is 0 Å². The van der Waals surface area contributed by atoms with Crippen LogP contribution in [-0.2, 0) is 22.7 Å². The zero-order valence-corrected chi connectivity index (χ0v) is 29.9. The summed E-state index contributed by atoms with van der Waals surface area (Å²) in [6, 6.07) is -0.416. The summed E-state index contributed by atoms with van der Waals surface area (Å²) in [5.41, 5.74) is 2.61. The van der Waals surface area contributed by atoms with Gasteiger partial charge in [-0.05, 0) is 31.6 Å². The van der Waals surface area contributed by atoms with E-state index in [1.54, 1.807) is 35.0 Å². The van der Waals surface area contributed by atoms with Crippen LogP contribution in [0.3, 0.4) is 0 Å². The van der Waals surface area contributed by atoms with Crippen LogP contribution in [0.5, 0.6) is 0 Å². The number of alkyl carbamates (subject to hydrolysis) is 1. The van der Waals surface area contributed by atoms with Gasteiger partial charge in [0, 0.05) is 36.6 Å². The van der Waals surface area contributed by atoms with Gasteiger partial charge >= 0.3 is 12.1 Å². The lowest BCUT2D eigenvalue weighted by atomic mass is 10.0. The number of carbonyl (C=O) groups excluding carboxylic acids is 3. The number of carbonyl (C=O) groups is 3. The van der Waals surface area contributed by atoms with Crippen molar-refractivity contribution >= 4 is 40.7 Å². The molecule has 44 heavy (non-hydrogen) atoms. The van der Waals surface area contributed by atoms with Crippen molar-refractivity contribution in [2.45, 2.75) is 138 Å². The molecule has 2 atom stereocenters. The molecule has 12 heteroatoms. The molecule has 10 nitrogen and oxygen atoms in total. The Hall–Kier alpha value is -2.73. The summed E-state index contributed by atoms with van der Waals surface area (Å²) >= 11 is 3.10. The van der Waals surface area contributed by atoms with Gasteiger partial charge in [-0.15, -0.1) is 22.7 Å². The second kappa shape index (κ2) is 21.9. The highest BCUT2D eigenvalue weighted by molar-refractivity contribution is 7.09. The van der Waals surface area contributed by atoms with Gasteiger partial charge in [0.2, 0.25) is 5.91 Å². The molecule has 2 rings (SSSR count). The van der Waals surface area contributed by atoms with Crippen molar-refractivity contribution in [3.8, 4) is 0 Å². The summed E-state index contributed by atoms with van der Waals surface area (Å²) in [6.07, 6.45) is 8.39. The van der Waals surface area contributed by atoms with Crippen molar-refractivity contribution in [3.05, 3.63) is 32.7 Å². The number of hydrogen-bond acceptors (Lipinski definition) is 8. The van der Waals surface area contributed by atoms with E-state index < -0.39 is 6.04 Å². The molecule has 250 valence electrons. The maximum Gasteiger partial charge on any atom is 0.407 e. The number of rotatable bonds is 17. The summed E-state index contributed by atoms with van der Waals surface area (Å²) in [5.74, 6) is 0.280. The van der Waals surface area contributed by atoms with Crippen molar-refractivity contribution < 1.29 is 19.1 Å². The maximum atomic E-state index is 12.7. The van der Waals surface area contributed by atoms with Gasteiger partial charge in [0.25, 0.3) is 0 Å². The molecule has 0 saturated heterocycles. The maximum absolute atomic E-state index is 12.7. The van der Waals surface area contributed by atoms with E-state index >= 15 is 0 Å². The van der Waals surface area contributed by atoms with Crippen LogP contribution in [0.1, 0.15) is 122 Å². The molecule has 0 bridgehead atoms. The third kappa shape index (κ3) is 15.3. The summed E-state index contributed by atoms with van der Waals surface area (Å²) in [6.45, 7) is 17.2. The van der Waals surface area contributed by atoms with E-state index in [2.05, 4.69) is 67.5 Å². The molecule has 0 aliphatic rings. The lowest BCUT2D eigenvalue weighted by Gasteiger charge is -2.27. The van der Waals surface area contributed by atoms with E-state index in [-0.39, 0.29) is 36.0 Å². The summed E-state index contributed by atoms with van der Waals surface area (Å²) in [7, 11) is 1.73. The van der Waals surface area contributed by atoms with Crippen LogP contribution in [0.2, 0.25) is 0 Å². The molecule has 2 aromatic heterocycles. The largest absolute Gasteiger partial charge is 0.444 e. The number of amides is 4. The number of hydrogen-bond donors (Lipinski definition) is 3. The molecule has 0 fully saturated rings. The van der Waals surface area contributed by atoms with Gasteiger partial charge in [0.1, 0.15) is 12.6 Å². The first-order valence-electron chi connectivity index (χ1n) is 16.0. The Morgan fingerprint density at radius 3 is 2.05 bits per heavy atom. The second-order valence-electron chi connectivity index (χ2n) is 11.7. The van der Waals surface area contributed by atoms with Gasteiger partial charge in [-0.3, -0.25) is 9.78 Å². The van der Waals surface area contributed by atoms with Crippen LogP contribution in [0.15, 0.2) is 17.1 Å². The fraction of sp³-hybridized carbons (Fsp3) is 0.719. The molecule has 3 N–H and O–H groups in total. The molecular formula is C32H56N6O4S2. The fourth-order valence-corrected chi connectivity index (χ4v) is 5.75. The molecule has 4 amide bonds. The van der Waals surface area contributed by atoms with Crippen LogP contribution in [0.4, 0.5) is 9.59 Å². The zero-order valence-electron chi connectivity index (χ0n) is 28.3. The van der Waals surface area contributed by atoms with E-state index in [4.69, 9.17) is 4.74 Å². The Labute approximate surface area is 273 Å². The number of aromatic nitrogens is 2. The van der Waals surface area contributed by atoms with E-state index in [0.717, 1.165) is 60.5 Å². The molecule has 2 heterocycles. The molecule has 2 unspecified atom stereocenters. The average Bonchev–Trinajstić information content (AvgIpc) is 3.67. The fourth-order valence-electron chi connectivity index (χ4n) is 4.42. The normalized spacial score (nSPS) is 12.4. The van der Waals surface area contributed by atoms with E-state index in [9.17, 15) is 14.4 Å².